The van der Waals surface area contributed by atoms with Crippen LogP contribution in [0.1, 0.15) is 5.69 Å². The molecule has 15 heavy (non-hydrogen) atoms. The van der Waals surface area contributed by atoms with Crippen LogP contribution in [-0.4, -0.2) is 11.7 Å². The average molecular weight is 269 g/mol. The molecule has 0 fully saturated rings. The monoisotopic (exact) mass is 268 g/mol. The fourth-order valence-electron chi connectivity index (χ4n) is 1.85. The highest BCUT2D eigenvalue weighted by Crippen LogP contribution is 2.36. The van der Waals surface area contributed by atoms with Gasteiger partial charge in [0.15, 0.2) is 0 Å². The van der Waals surface area contributed by atoms with E-state index in [0.29, 0.717) is 6.54 Å². The maximum absolute atomic E-state index is 5.72. The van der Waals surface area contributed by atoms with E-state index in [1.165, 1.54) is 0 Å². The van der Waals surface area contributed by atoms with Crippen LogP contribution in [0, 0.1) is 0 Å². The van der Waals surface area contributed by atoms with Gasteiger partial charge in [-0.05, 0) is 28.1 Å². The van der Waals surface area contributed by atoms with Gasteiger partial charge in [0, 0.05) is 19.3 Å². The van der Waals surface area contributed by atoms with Crippen molar-refractivity contribution in [2.45, 2.75) is 6.54 Å². The van der Waals surface area contributed by atoms with Crippen molar-refractivity contribution < 1.29 is 4.74 Å². The molecule has 3 nitrogen and oxygen atoms in total. The normalized spacial score (nSPS) is 10.9. The first kappa shape index (κ1) is 10.5. The molecule has 1 heterocycles. The molecule has 0 bridgehead atoms. The van der Waals surface area contributed by atoms with Crippen molar-refractivity contribution >= 4 is 26.8 Å². The van der Waals surface area contributed by atoms with E-state index in [9.17, 15) is 0 Å². The first-order chi connectivity index (χ1) is 7.20. The van der Waals surface area contributed by atoms with E-state index in [-0.39, 0.29) is 0 Å². The van der Waals surface area contributed by atoms with Gasteiger partial charge in [-0.2, -0.15) is 0 Å². The third kappa shape index (κ3) is 1.44. The summed E-state index contributed by atoms with van der Waals surface area (Å²) >= 11 is 3.57. The van der Waals surface area contributed by atoms with Crippen LogP contribution in [0.25, 0.3) is 10.9 Å². The van der Waals surface area contributed by atoms with E-state index >= 15 is 0 Å². The number of aromatic nitrogens is 1. The van der Waals surface area contributed by atoms with Crippen molar-refractivity contribution in [3.63, 3.8) is 0 Å². The summed E-state index contributed by atoms with van der Waals surface area (Å²) in [6, 6.07) is 5.99. The lowest BCUT2D eigenvalue weighted by Gasteiger charge is -2.02. The largest absolute Gasteiger partial charge is 0.496 e. The number of nitrogens with zero attached hydrogens (tertiary/aromatic N) is 1. The van der Waals surface area contributed by atoms with E-state index in [1.807, 2.05) is 19.2 Å². The van der Waals surface area contributed by atoms with Crippen molar-refractivity contribution in [3.8, 4) is 5.75 Å². The predicted octanol–water partition coefficient (Wildman–Crippen LogP) is 2.41. The summed E-state index contributed by atoms with van der Waals surface area (Å²) in [4.78, 5) is 0. The Kier molecular flexibility index (Phi) is 2.71. The molecule has 0 aliphatic rings. The van der Waals surface area contributed by atoms with Crippen LogP contribution in [0.5, 0.6) is 5.75 Å². The van der Waals surface area contributed by atoms with Crippen molar-refractivity contribution in [2.75, 3.05) is 7.11 Å². The third-order valence-corrected chi connectivity index (χ3v) is 3.51. The summed E-state index contributed by atoms with van der Waals surface area (Å²) < 4.78 is 8.45. The molecule has 0 saturated carbocycles. The van der Waals surface area contributed by atoms with Crippen LogP contribution < -0.4 is 10.5 Å². The molecule has 0 saturated heterocycles. The molecule has 4 heteroatoms. The standard InChI is InChI=1S/C11H13BrN2O/c1-14-7-4-3-5-9(15-2)10(7)11(12)8(14)6-13/h3-5H,6,13H2,1-2H3. The van der Waals surface area contributed by atoms with Crippen LogP contribution in [0.3, 0.4) is 0 Å². The van der Waals surface area contributed by atoms with E-state index in [2.05, 4.69) is 26.6 Å². The highest BCUT2D eigenvalue weighted by atomic mass is 79.9. The van der Waals surface area contributed by atoms with Crippen molar-refractivity contribution in [1.82, 2.24) is 4.57 Å². The molecular formula is C11H13BrN2O. The highest BCUT2D eigenvalue weighted by molar-refractivity contribution is 9.10. The first-order valence-corrected chi connectivity index (χ1v) is 5.49. The Morgan fingerprint density at radius 2 is 2.20 bits per heavy atom. The molecule has 0 aliphatic carbocycles. The van der Waals surface area contributed by atoms with Crippen LogP contribution in [0.15, 0.2) is 22.7 Å². The van der Waals surface area contributed by atoms with E-state index in [0.717, 1.165) is 26.8 Å². The maximum Gasteiger partial charge on any atom is 0.129 e. The topological polar surface area (TPSA) is 40.2 Å². The van der Waals surface area contributed by atoms with Gasteiger partial charge in [-0.25, -0.2) is 0 Å². The number of methoxy groups -OCH3 is 1. The average Bonchev–Trinajstić information content (AvgIpc) is 2.51. The number of ether oxygens (including phenoxy) is 1. The highest BCUT2D eigenvalue weighted by Gasteiger charge is 2.14. The Balaban J connectivity index is 2.88. The summed E-state index contributed by atoms with van der Waals surface area (Å²) in [7, 11) is 3.69. The number of halogens is 1. The molecule has 0 spiro atoms. The number of nitrogens with two attached hydrogens (primary N) is 1. The second-order valence-electron chi connectivity index (χ2n) is 3.38. The second-order valence-corrected chi connectivity index (χ2v) is 4.17. The van der Waals surface area contributed by atoms with Crippen molar-refractivity contribution in [3.05, 3.63) is 28.4 Å². The number of aryl methyl sites for hydroxylation is 1. The Morgan fingerprint density at radius 1 is 1.47 bits per heavy atom. The summed E-state index contributed by atoms with van der Waals surface area (Å²) in [5, 5.41) is 1.09. The van der Waals surface area contributed by atoms with Crippen LogP contribution >= 0.6 is 15.9 Å². The zero-order valence-corrected chi connectivity index (χ0v) is 10.3. The predicted molar refractivity (Wildman–Crippen MR) is 65.1 cm³/mol. The van der Waals surface area contributed by atoms with Gasteiger partial charge in [-0.1, -0.05) is 6.07 Å². The minimum absolute atomic E-state index is 0.509. The first-order valence-electron chi connectivity index (χ1n) is 4.70. The fraction of sp³-hybridized carbons (Fsp3) is 0.273. The van der Waals surface area contributed by atoms with Crippen molar-refractivity contribution in [1.29, 1.82) is 0 Å². The van der Waals surface area contributed by atoms with Gasteiger partial charge >= 0.3 is 0 Å². The van der Waals surface area contributed by atoms with Gasteiger partial charge < -0.3 is 15.0 Å². The summed E-state index contributed by atoms with van der Waals surface area (Å²) in [6.07, 6.45) is 0. The third-order valence-electron chi connectivity index (χ3n) is 2.66. The number of hydrogen-bond acceptors (Lipinski definition) is 2. The molecule has 0 atom stereocenters. The van der Waals surface area contributed by atoms with Gasteiger partial charge in [-0.15, -0.1) is 0 Å². The molecule has 0 unspecified atom stereocenters. The minimum atomic E-state index is 0.509. The van der Waals surface area contributed by atoms with Gasteiger partial charge in [0.1, 0.15) is 5.75 Å². The molecule has 0 amide bonds. The molecule has 2 rings (SSSR count). The van der Waals surface area contributed by atoms with Gasteiger partial charge in [0.2, 0.25) is 0 Å². The Bertz CT molecular complexity index is 505. The Hall–Kier alpha value is -1.00. The lowest BCUT2D eigenvalue weighted by atomic mass is 10.2. The SMILES string of the molecule is COc1cccc2c1c(Br)c(CN)n2C. The van der Waals surface area contributed by atoms with E-state index in [4.69, 9.17) is 10.5 Å². The summed E-state index contributed by atoms with van der Waals surface area (Å²) in [6.45, 7) is 0.509. The van der Waals surface area contributed by atoms with Crippen LogP contribution in [0.2, 0.25) is 0 Å². The van der Waals surface area contributed by atoms with Crippen LogP contribution in [-0.2, 0) is 13.6 Å². The minimum Gasteiger partial charge on any atom is -0.496 e. The number of rotatable bonds is 2. The quantitative estimate of drug-likeness (QED) is 0.909. The van der Waals surface area contributed by atoms with Gasteiger partial charge in [0.05, 0.1) is 22.5 Å². The van der Waals surface area contributed by atoms with Gasteiger partial charge in [-0.3, -0.25) is 0 Å². The molecule has 2 aromatic rings. The van der Waals surface area contributed by atoms with E-state index < -0.39 is 0 Å². The zero-order chi connectivity index (χ0) is 11.0. The van der Waals surface area contributed by atoms with Crippen LogP contribution in [0.4, 0.5) is 0 Å². The second kappa shape index (κ2) is 3.87. The molecular weight excluding hydrogens is 256 g/mol. The lowest BCUT2D eigenvalue weighted by Crippen LogP contribution is -2.03. The summed E-state index contributed by atoms with van der Waals surface area (Å²) in [5.74, 6) is 0.870. The zero-order valence-electron chi connectivity index (χ0n) is 8.75. The Labute approximate surface area is 96.9 Å². The lowest BCUT2D eigenvalue weighted by molar-refractivity contribution is 0.419. The number of hydrogen-bond donors (Lipinski definition) is 1. The van der Waals surface area contributed by atoms with E-state index in [1.54, 1.807) is 7.11 Å². The molecule has 1 aromatic carbocycles. The Morgan fingerprint density at radius 3 is 2.80 bits per heavy atom. The maximum atomic E-state index is 5.72. The van der Waals surface area contributed by atoms with Gasteiger partial charge in [0.25, 0.3) is 0 Å². The smallest absolute Gasteiger partial charge is 0.129 e. The summed E-state index contributed by atoms with van der Waals surface area (Å²) in [5.41, 5.74) is 7.92. The molecule has 2 N–H and O–H groups in total. The number of benzene rings is 1. The van der Waals surface area contributed by atoms with Crippen molar-refractivity contribution in [2.24, 2.45) is 12.8 Å². The molecule has 0 radical (unpaired) electrons. The number of fused-ring (bicyclic) bond motifs is 1. The molecule has 1 aromatic heterocycles. The molecule has 0 aliphatic heterocycles. The molecule has 80 valence electrons. The fourth-order valence-corrected chi connectivity index (χ4v) is 2.68.